The zero-order valence-corrected chi connectivity index (χ0v) is 11.4. The summed E-state index contributed by atoms with van der Waals surface area (Å²) in [5.41, 5.74) is 7.29. The highest BCUT2D eigenvalue weighted by Gasteiger charge is 2.08. The summed E-state index contributed by atoms with van der Waals surface area (Å²) in [6, 6.07) is 11.5. The van der Waals surface area contributed by atoms with Crippen molar-refractivity contribution in [3.63, 3.8) is 0 Å². The number of nitrogen functional groups attached to an aromatic ring is 1. The van der Waals surface area contributed by atoms with E-state index in [-0.39, 0.29) is 6.61 Å². The molecule has 0 bridgehead atoms. The van der Waals surface area contributed by atoms with Crippen LogP contribution in [0.15, 0.2) is 42.5 Å². The highest BCUT2D eigenvalue weighted by molar-refractivity contribution is 6.35. The van der Waals surface area contributed by atoms with Crippen molar-refractivity contribution in [1.29, 1.82) is 0 Å². The number of anilines is 1. The summed E-state index contributed by atoms with van der Waals surface area (Å²) in [5.74, 6) is -0.425. The molecule has 0 aliphatic rings. The zero-order chi connectivity index (χ0) is 13.8. The number of halogens is 2. The summed E-state index contributed by atoms with van der Waals surface area (Å²) >= 11 is 11.8. The number of rotatable bonds is 3. The molecule has 98 valence electrons. The van der Waals surface area contributed by atoms with Gasteiger partial charge in [0.25, 0.3) is 0 Å². The summed E-state index contributed by atoms with van der Waals surface area (Å²) < 4.78 is 5.17. The van der Waals surface area contributed by atoms with Crippen LogP contribution in [0.25, 0.3) is 0 Å². The molecule has 0 atom stereocenters. The molecule has 0 aromatic heterocycles. The maximum absolute atomic E-state index is 11.8. The number of hydrogen-bond donors (Lipinski definition) is 1. The normalized spacial score (nSPS) is 10.2. The fourth-order valence-electron chi connectivity index (χ4n) is 1.48. The lowest BCUT2D eigenvalue weighted by Crippen LogP contribution is -2.05. The van der Waals surface area contributed by atoms with Crippen molar-refractivity contribution >= 4 is 34.9 Å². The Morgan fingerprint density at radius 3 is 2.42 bits per heavy atom. The molecule has 0 aliphatic heterocycles. The third-order valence-corrected chi connectivity index (χ3v) is 3.11. The summed E-state index contributed by atoms with van der Waals surface area (Å²) in [7, 11) is 0. The first-order chi connectivity index (χ1) is 9.06. The van der Waals surface area contributed by atoms with Gasteiger partial charge in [-0.25, -0.2) is 4.79 Å². The van der Waals surface area contributed by atoms with Crippen molar-refractivity contribution < 1.29 is 9.53 Å². The Morgan fingerprint density at radius 1 is 1.11 bits per heavy atom. The Bertz CT molecular complexity index is 597. The highest BCUT2D eigenvalue weighted by atomic mass is 35.5. The highest BCUT2D eigenvalue weighted by Crippen LogP contribution is 2.22. The molecule has 2 aromatic rings. The van der Waals surface area contributed by atoms with E-state index in [1.165, 1.54) is 0 Å². The Morgan fingerprint density at radius 2 is 1.79 bits per heavy atom. The first-order valence-electron chi connectivity index (χ1n) is 5.53. The van der Waals surface area contributed by atoms with E-state index in [9.17, 15) is 4.79 Å². The van der Waals surface area contributed by atoms with Crippen molar-refractivity contribution in [2.24, 2.45) is 0 Å². The molecular weight excluding hydrogens is 285 g/mol. The van der Waals surface area contributed by atoms with E-state index < -0.39 is 5.97 Å². The van der Waals surface area contributed by atoms with E-state index in [0.717, 1.165) is 0 Å². The van der Waals surface area contributed by atoms with Crippen molar-refractivity contribution in [3.05, 3.63) is 63.6 Å². The second-order valence-electron chi connectivity index (χ2n) is 3.93. The molecule has 2 aromatic carbocycles. The molecule has 19 heavy (non-hydrogen) atoms. The summed E-state index contributed by atoms with van der Waals surface area (Å²) in [5, 5.41) is 1.01. The second kappa shape index (κ2) is 5.95. The van der Waals surface area contributed by atoms with Gasteiger partial charge < -0.3 is 10.5 Å². The maximum Gasteiger partial charge on any atom is 0.338 e. The molecule has 3 nitrogen and oxygen atoms in total. The second-order valence-corrected chi connectivity index (χ2v) is 4.78. The van der Waals surface area contributed by atoms with E-state index in [4.69, 9.17) is 33.7 Å². The van der Waals surface area contributed by atoms with Gasteiger partial charge in [0.1, 0.15) is 6.61 Å². The van der Waals surface area contributed by atoms with E-state index in [1.54, 1.807) is 42.5 Å². The van der Waals surface area contributed by atoms with E-state index in [1.807, 2.05) is 0 Å². The summed E-state index contributed by atoms with van der Waals surface area (Å²) in [4.78, 5) is 11.8. The van der Waals surface area contributed by atoms with Crippen molar-refractivity contribution in [2.45, 2.75) is 6.61 Å². The minimum absolute atomic E-state index is 0.0964. The zero-order valence-electron chi connectivity index (χ0n) is 9.90. The fraction of sp³-hybridized carbons (Fsp3) is 0.0714. The van der Waals surface area contributed by atoms with Crippen molar-refractivity contribution in [2.75, 3.05) is 5.73 Å². The van der Waals surface area contributed by atoms with Gasteiger partial charge in [-0.3, -0.25) is 0 Å². The quantitative estimate of drug-likeness (QED) is 0.689. The number of carbonyl (C=O) groups excluding carboxylic acids is 1. The maximum atomic E-state index is 11.8. The first kappa shape index (κ1) is 13.7. The van der Waals surface area contributed by atoms with Crippen LogP contribution in [-0.4, -0.2) is 5.97 Å². The lowest BCUT2D eigenvalue weighted by Gasteiger charge is -2.07. The lowest BCUT2D eigenvalue weighted by molar-refractivity contribution is 0.0473. The molecule has 0 unspecified atom stereocenters. The van der Waals surface area contributed by atoms with Crippen LogP contribution in [0, 0.1) is 0 Å². The lowest BCUT2D eigenvalue weighted by atomic mass is 10.2. The van der Waals surface area contributed by atoms with Crippen LogP contribution in [0.4, 0.5) is 5.69 Å². The molecule has 0 heterocycles. The molecule has 0 amide bonds. The molecule has 0 saturated heterocycles. The van der Waals surface area contributed by atoms with Crippen LogP contribution in [0.1, 0.15) is 15.9 Å². The average Bonchev–Trinajstić information content (AvgIpc) is 2.38. The molecule has 0 spiro atoms. The number of carbonyl (C=O) groups is 1. The Balaban J connectivity index is 2.02. The minimum Gasteiger partial charge on any atom is -0.457 e. The minimum atomic E-state index is -0.425. The molecule has 0 fully saturated rings. The number of hydrogen-bond acceptors (Lipinski definition) is 3. The molecule has 2 rings (SSSR count). The molecule has 0 saturated carbocycles. The van der Waals surface area contributed by atoms with Gasteiger partial charge in [0.2, 0.25) is 0 Å². The third kappa shape index (κ3) is 3.63. The van der Waals surface area contributed by atoms with Crippen LogP contribution >= 0.6 is 23.2 Å². The van der Waals surface area contributed by atoms with Crippen LogP contribution in [0.5, 0.6) is 0 Å². The predicted octanol–water partition coefficient (Wildman–Crippen LogP) is 3.93. The van der Waals surface area contributed by atoms with Gasteiger partial charge in [-0.2, -0.15) is 0 Å². The predicted molar refractivity (Wildman–Crippen MR) is 76.4 cm³/mol. The molecule has 5 heteroatoms. The van der Waals surface area contributed by atoms with Gasteiger partial charge in [0, 0.05) is 21.3 Å². The standard InChI is InChI=1S/C14H11Cl2NO2/c15-11-4-1-10(13(16)7-11)8-19-14(18)9-2-5-12(17)6-3-9/h1-7H,8,17H2. The van der Waals surface area contributed by atoms with Gasteiger partial charge >= 0.3 is 5.97 Å². The van der Waals surface area contributed by atoms with Crippen molar-refractivity contribution in [3.8, 4) is 0 Å². The number of benzene rings is 2. The monoisotopic (exact) mass is 295 g/mol. The van der Waals surface area contributed by atoms with Crippen LogP contribution in [-0.2, 0) is 11.3 Å². The third-order valence-electron chi connectivity index (χ3n) is 2.52. The van der Waals surface area contributed by atoms with Gasteiger partial charge in [-0.1, -0.05) is 29.3 Å². The first-order valence-corrected chi connectivity index (χ1v) is 6.28. The van der Waals surface area contributed by atoms with E-state index in [0.29, 0.717) is 26.9 Å². The van der Waals surface area contributed by atoms with Crippen molar-refractivity contribution in [1.82, 2.24) is 0 Å². The largest absolute Gasteiger partial charge is 0.457 e. The molecule has 0 radical (unpaired) electrons. The smallest absolute Gasteiger partial charge is 0.338 e. The molecule has 0 aliphatic carbocycles. The van der Waals surface area contributed by atoms with E-state index >= 15 is 0 Å². The molecule has 2 N–H and O–H groups in total. The summed E-state index contributed by atoms with van der Waals surface area (Å²) in [6.07, 6.45) is 0. The Labute approximate surface area is 120 Å². The Kier molecular flexibility index (Phi) is 4.30. The van der Waals surface area contributed by atoms with Crippen LogP contribution < -0.4 is 5.73 Å². The van der Waals surface area contributed by atoms with Crippen LogP contribution in [0.3, 0.4) is 0 Å². The SMILES string of the molecule is Nc1ccc(C(=O)OCc2ccc(Cl)cc2Cl)cc1. The van der Waals surface area contributed by atoms with Gasteiger partial charge in [-0.05, 0) is 36.4 Å². The van der Waals surface area contributed by atoms with Gasteiger partial charge in [0.15, 0.2) is 0 Å². The average molecular weight is 296 g/mol. The number of esters is 1. The molecular formula is C14H11Cl2NO2. The van der Waals surface area contributed by atoms with Crippen LogP contribution in [0.2, 0.25) is 10.0 Å². The van der Waals surface area contributed by atoms with Gasteiger partial charge in [0.05, 0.1) is 5.56 Å². The number of nitrogens with two attached hydrogens (primary N) is 1. The number of ether oxygens (including phenoxy) is 1. The van der Waals surface area contributed by atoms with Gasteiger partial charge in [-0.15, -0.1) is 0 Å². The topological polar surface area (TPSA) is 52.3 Å². The fourth-order valence-corrected chi connectivity index (χ4v) is 1.95. The Hall–Kier alpha value is -1.71. The summed E-state index contributed by atoms with van der Waals surface area (Å²) in [6.45, 7) is 0.0964. The van der Waals surface area contributed by atoms with E-state index in [2.05, 4.69) is 0 Å².